The molecule has 0 amide bonds. The first kappa shape index (κ1) is 16.8. The predicted octanol–water partition coefficient (Wildman–Crippen LogP) is 2.26. The van der Waals surface area contributed by atoms with Crippen molar-refractivity contribution in [2.75, 3.05) is 25.1 Å². The number of aryl methyl sites for hydroxylation is 3. The summed E-state index contributed by atoms with van der Waals surface area (Å²) in [5, 5.41) is 5.09. The van der Waals surface area contributed by atoms with E-state index in [-0.39, 0.29) is 11.7 Å². The Hall–Kier alpha value is -2.67. The Kier molecular flexibility index (Phi) is 4.03. The first-order chi connectivity index (χ1) is 12.5. The number of ether oxygens (including phenoxy) is 1. The van der Waals surface area contributed by atoms with Crippen molar-refractivity contribution in [3.8, 4) is 5.69 Å². The highest BCUT2D eigenvalue weighted by Gasteiger charge is 2.24. The fraction of sp³-hybridized carbons (Fsp3) is 0.421. The quantitative estimate of drug-likeness (QED) is 0.782. The Morgan fingerprint density at radius 3 is 2.62 bits per heavy atom. The zero-order valence-corrected chi connectivity index (χ0v) is 15.5. The van der Waals surface area contributed by atoms with E-state index in [1.165, 1.54) is 5.56 Å². The SMILES string of the molecule is COC1CCN(c2nc3nn(-c4c(C)cc(C)cc4C)cc3c(=O)[nH]2)C1. The highest BCUT2D eigenvalue weighted by molar-refractivity contribution is 5.75. The van der Waals surface area contributed by atoms with Gasteiger partial charge in [-0.25, -0.2) is 4.68 Å². The third kappa shape index (κ3) is 2.78. The van der Waals surface area contributed by atoms with Crippen LogP contribution in [-0.4, -0.2) is 46.1 Å². The van der Waals surface area contributed by atoms with Crippen molar-refractivity contribution in [1.29, 1.82) is 0 Å². The molecule has 4 rings (SSSR count). The molecule has 7 heteroatoms. The van der Waals surface area contributed by atoms with Gasteiger partial charge in [0.25, 0.3) is 5.56 Å². The minimum Gasteiger partial charge on any atom is -0.380 e. The standard InChI is InChI=1S/C19H23N5O2/c1-11-7-12(2)16(13(3)8-11)24-10-15-17(22-24)20-19(21-18(15)25)23-6-5-14(9-23)26-4/h7-8,10,14H,5-6,9H2,1-4H3,(H,20,21,22,25). The molecule has 1 aliphatic heterocycles. The molecule has 26 heavy (non-hydrogen) atoms. The van der Waals surface area contributed by atoms with Gasteiger partial charge in [-0.1, -0.05) is 17.7 Å². The maximum atomic E-state index is 12.6. The van der Waals surface area contributed by atoms with Crippen molar-refractivity contribution < 1.29 is 4.74 Å². The Morgan fingerprint density at radius 2 is 1.96 bits per heavy atom. The lowest BCUT2D eigenvalue weighted by molar-refractivity contribution is 0.121. The largest absolute Gasteiger partial charge is 0.380 e. The first-order valence-electron chi connectivity index (χ1n) is 8.82. The number of H-pyrrole nitrogens is 1. The van der Waals surface area contributed by atoms with Crippen molar-refractivity contribution >= 4 is 17.0 Å². The number of aromatic nitrogens is 4. The normalized spacial score (nSPS) is 17.4. The number of hydrogen-bond donors (Lipinski definition) is 1. The molecule has 7 nitrogen and oxygen atoms in total. The molecule has 1 aliphatic rings. The molecule has 3 heterocycles. The van der Waals surface area contributed by atoms with Gasteiger partial charge in [0.15, 0.2) is 5.65 Å². The second kappa shape index (κ2) is 6.25. The number of aromatic amines is 1. The molecule has 0 radical (unpaired) electrons. The van der Waals surface area contributed by atoms with E-state index in [1.54, 1.807) is 18.0 Å². The van der Waals surface area contributed by atoms with Crippen LogP contribution >= 0.6 is 0 Å². The molecule has 1 atom stereocenters. The highest BCUT2D eigenvalue weighted by Crippen LogP contribution is 2.23. The molecule has 3 aromatic rings. The topological polar surface area (TPSA) is 76.0 Å². The second-order valence-electron chi connectivity index (χ2n) is 7.04. The van der Waals surface area contributed by atoms with E-state index in [1.807, 2.05) is 4.90 Å². The van der Waals surface area contributed by atoms with E-state index >= 15 is 0 Å². The van der Waals surface area contributed by atoms with Crippen LogP contribution in [0.2, 0.25) is 0 Å². The van der Waals surface area contributed by atoms with Gasteiger partial charge in [0.05, 0.1) is 11.8 Å². The van der Waals surface area contributed by atoms with Gasteiger partial charge in [0.1, 0.15) is 5.39 Å². The van der Waals surface area contributed by atoms with Crippen molar-refractivity contribution in [3.05, 3.63) is 45.4 Å². The van der Waals surface area contributed by atoms with Crippen LogP contribution in [0.25, 0.3) is 16.7 Å². The van der Waals surface area contributed by atoms with Gasteiger partial charge in [-0.3, -0.25) is 9.78 Å². The first-order valence-corrected chi connectivity index (χ1v) is 8.82. The summed E-state index contributed by atoms with van der Waals surface area (Å²) in [6, 6.07) is 4.24. The van der Waals surface area contributed by atoms with Crippen LogP contribution in [0.3, 0.4) is 0 Å². The molecule has 0 saturated carbocycles. The Labute approximate surface area is 151 Å². The van der Waals surface area contributed by atoms with E-state index in [4.69, 9.17) is 4.74 Å². The third-order valence-electron chi connectivity index (χ3n) is 5.02. The summed E-state index contributed by atoms with van der Waals surface area (Å²) in [6.45, 7) is 7.72. The van der Waals surface area contributed by atoms with Crippen LogP contribution < -0.4 is 10.5 Å². The minimum absolute atomic E-state index is 0.167. The summed E-state index contributed by atoms with van der Waals surface area (Å²) in [5.74, 6) is 0.560. The number of nitrogens with one attached hydrogen (secondary N) is 1. The van der Waals surface area contributed by atoms with Crippen LogP contribution in [0.4, 0.5) is 5.95 Å². The summed E-state index contributed by atoms with van der Waals surface area (Å²) < 4.78 is 7.16. The maximum Gasteiger partial charge on any atom is 0.263 e. The van der Waals surface area contributed by atoms with Gasteiger partial charge in [-0.15, -0.1) is 5.10 Å². The number of fused-ring (bicyclic) bond motifs is 1. The summed E-state index contributed by atoms with van der Waals surface area (Å²) >= 11 is 0. The summed E-state index contributed by atoms with van der Waals surface area (Å²) in [7, 11) is 1.71. The number of hydrogen-bond acceptors (Lipinski definition) is 5. The zero-order valence-electron chi connectivity index (χ0n) is 15.5. The van der Waals surface area contributed by atoms with Gasteiger partial charge in [0, 0.05) is 26.4 Å². The molecule has 1 N–H and O–H groups in total. The molecule has 1 aromatic carbocycles. The molecule has 1 saturated heterocycles. The van der Waals surface area contributed by atoms with Gasteiger partial charge in [0.2, 0.25) is 5.95 Å². The minimum atomic E-state index is -0.167. The Morgan fingerprint density at radius 1 is 1.23 bits per heavy atom. The zero-order chi connectivity index (χ0) is 18.4. The van der Waals surface area contributed by atoms with Crippen LogP contribution in [0.5, 0.6) is 0 Å². The average Bonchev–Trinajstić information content (AvgIpc) is 3.20. The molecule has 0 aliphatic carbocycles. The lowest BCUT2D eigenvalue weighted by atomic mass is 10.1. The smallest absolute Gasteiger partial charge is 0.263 e. The van der Waals surface area contributed by atoms with Gasteiger partial charge in [-0.2, -0.15) is 4.98 Å². The number of anilines is 1. The van der Waals surface area contributed by atoms with Crippen molar-refractivity contribution in [2.45, 2.75) is 33.3 Å². The highest BCUT2D eigenvalue weighted by atomic mass is 16.5. The van der Waals surface area contributed by atoms with Crippen molar-refractivity contribution in [3.63, 3.8) is 0 Å². The van der Waals surface area contributed by atoms with Gasteiger partial charge >= 0.3 is 0 Å². The molecule has 1 unspecified atom stereocenters. The van der Waals surface area contributed by atoms with Crippen LogP contribution in [0.15, 0.2) is 23.1 Å². The molecular weight excluding hydrogens is 330 g/mol. The Bertz CT molecular complexity index is 1010. The van der Waals surface area contributed by atoms with E-state index in [9.17, 15) is 4.79 Å². The lowest BCUT2D eigenvalue weighted by Crippen LogP contribution is -2.26. The number of nitrogens with zero attached hydrogens (tertiary/aromatic N) is 4. The van der Waals surface area contributed by atoms with Crippen LogP contribution in [0, 0.1) is 20.8 Å². The average molecular weight is 353 g/mol. The van der Waals surface area contributed by atoms with E-state index in [0.29, 0.717) is 17.0 Å². The fourth-order valence-corrected chi connectivity index (χ4v) is 3.82. The van der Waals surface area contributed by atoms with E-state index < -0.39 is 0 Å². The third-order valence-corrected chi connectivity index (χ3v) is 5.02. The van der Waals surface area contributed by atoms with Gasteiger partial charge in [-0.05, 0) is 38.3 Å². The molecule has 136 valence electrons. The van der Waals surface area contributed by atoms with Crippen molar-refractivity contribution in [2.24, 2.45) is 0 Å². The molecule has 0 spiro atoms. The molecular formula is C19H23N5O2. The summed E-state index contributed by atoms with van der Waals surface area (Å²) in [5.41, 5.74) is 4.74. The second-order valence-corrected chi connectivity index (χ2v) is 7.04. The maximum absolute atomic E-state index is 12.6. The monoisotopic (exact) mass is 353 g/mol. The fourth-order valence-electron chi connectivity index (χ4n) is 3.82. The van der Waals surface area contributed by atoms with Gasteiger partial charge < -0.3 is 9.64 Å². The number of methoxy groups -OCH3 is 1. The molecule has 2 aromatic heterocycles. The number of rotatable bonds is 3. The van der Waals surface area contributed by atoms with E-state index in [2.05, 4.69) is 48.0 Å². The summed E-state index contributed by atoms with van der Waals surface area (Å²) in [6.07, 6.45) is 2.86. The van der Waals surface area contributed by atoms with Crippen LogP contribution in [-0.2, 0) is 4.74 Å². The predicted molar refractivity (Wildman–Crippen MR) is 101 cm³/mol. The number of benzene rings is 1. The van der Waals surface area contributed by atoms with Crippen molar-refractivity contribution in [1.82, 2.24) is 19.7 Å². The van der Waals surface area contributed by atoms with Crippen LogP contribution in [0.1, 0.15) is 23.1 Å². The van der Waals surface area contributed by atoms with E-state index in [0.717, 1.165) is 36.3 Å². The lowest BCUT2D eigenvalue weighted by Gasteiger charge is -2.15. The summed E-state index contributed by atoms with van der Waals surface area (Å²) in [4.78, 5) is 22.1. The molecule has 0 bridgehead atoms. The Balaban J connectivity index is 1.79. The molecule has 1 fully saturated rings.